The SMILES string of the molecule is CC/C=C\C/C=C\C/C=C\C/C=C\C/C=C\C/C=C\CCCCCC(=O)O. The van der Waals surface area contributed by atoms with Crippen LogP contribution in [-0.2, 0) is 4.79 Å². The fourth-order valence-corrected chi connectivity index (χ4v) is 2.35. The van der Waals surface area contributed by atoms with Crippen molar-refractivity contribution in [3.8, 4) is 0 Å². The van der Waals surface area contributed by atoms with E-state index in [0.29, 0.717) is 6.42 Å². The topological polar surface area (TPSA) is 37.3 Å². The van der Waals surface area contributed by atoms with Crippen molar-refractivity contribution >= 4 is 5.97 Å². The van der Waals surface area contributed by atoms with Gasteiger partial charge in [0.05, 0.1) is 0 Å². The average molecular weight is 371 g/mol. The minimum absolute atomic E-state index is 0.295. The molecule has 0 saturated carbocycles. The van der Waals surface area contributed by atoms with E-state index in [2.05, 4.69) is 79.8 Å². The maximum Gasteiger partial charge on any atom is 0.303 e. The van der Waals surface area contributed by atoms with E-state index in [-0.39, 0.29) is 0 Å². The second kappa shape index (κ2) is 22.0. The van der Waals surface area contributed by atoms with E-state index in [1.165, 1.54) is 0 Å². The molecule has 0 aliphatic carbocycles. The van der Waals surface area contributed by atoms with Gasteiger partial charge >= 0.3 is 5.97 Å². The van der Waals surface area contributed by atoms with Crippen LogP contribution in [0.25, 0.3) is 0 Å². The van der Waals surface area contributed by atoms with Gasteiger partial charge in [0.1, 0.15) is 0 Å². The van der Waals surface area contributed by atoms with Gasteiger partial charge in [-0.1, -0.05) is 86.3 Å². The molecule has 0 bridgehead atoms. The van der Waals surface area contributed by atoms with E-state index in [1.807, 2.05) is 0 Å². The molecule has 2 nitrogen and oxygen atoms in total. The summed E-state index contributed by atoms with van der Waals surface area (Å²) < 4.78 is 0. The number of allylic oxidation sites excluding steroid dienone is 12. The zero-order chi connectivity index (χ0) is 19.8. The Labute approximate surface area is 166 Å². The predicted molar refractivity (Wildman–Crippen MR) is 119 cm³/mol. The van der Waals surface area contributed by atoms with Crippen LogP contribution in [0.1, 0.15) is 77.6 Å². The number of hydrogen-bond acceptors (Lipinski definition) is 1. The molecule has 150 valence electrons. The number of unbranched alkanes of at least 4 members (excludes halogenated alkanes) is 3. The van der Waals surface area contributed by atoms with Crippen LogP contribution < -0.4 is 0 Å². The normalized spacial score (nSPS) is 12.9. The molecule has 0 aliphatic heterocycles. The molecule has 2 heteroatoms. The smallest absolute Gasteiger partial charge is 0.303 e. The number of aliphatic carboxylic acids is 1. The van der Waals surface area contributed by atoms with Gasteiger partial charge < -0.3 is 5.11 Å². The second-order valence-corrected chi connectivity index (χ2v) is 6.41. The van der Waals surface area contributed by atoms with Gasteiger partial charge in [-0.2, -0.15) is 0 Å². The summed E-state index contributed by atoms with van der Waals surface area (Å²) >= 11 is 0. The quantitative estimate of drug-likeness (QED) is 0.210. The Morgan fingerprint density at radius 1 is 0.593 bits per heavy atom. The van der Waals surface area contributed by atoms with E-state index in [0.717, 1.165) is 64.2 Å². The maximum atomic E-state index is 10.4. The summed E-state index contributed by atoms with van der Waals surface area (Å²) in [7, 11) is 0. The van der Waals surface area contributed by atoms with E-state index in [1.54, 1.807) is 0 Å². The molecule has 0 spiro atoms. The third-order valence-electron chi connectivity index (χ3n) is 3.86. The highest BCUT2D eigenvalue weighted by Gasteiger charge is 1.94. The Kier molecular flexibility index (Phi) is 20.3. The summed E-state index contributed by atoms with van der Waals surface area (Å²) in [5.74, 6) is -0.691. The van der Waals surface area contributed by atoms with Crippen LogP contribution in [0.3, 0.4) is 0 Å². The third-order valence-corrected chi connectivity index (χ3v) is 3.86. The lowest BCUT2D eigenvalue weighted by Crippen LogP contribution is -1.93. The van der Waals surface area contributed by atoms with Crippen LogP contribution in [0.5, 0.6) is 0 Å². The Bertz CT molecular complexity index is 504. The number of hydrogen-bond donors (Lipinski definition) is 1. The first-order valence-electron chi connectivity index (χ1n) is 10.4. The van der Waals surface area contributed by atoms with Crippen molar-refractivity contribution < 1.29 is 9.90 Å². The first kappa shape index (κ1) is 24.9. The lowest BCUT2D eigenvalue weighted by atomic mass is 10.1. The number of carboxylic acids is 1. The largest absolute Gasteiger partial charge is 0.481 e. The molecule has 0 rings (SSSR count). The van der Waals surface area contributed by atoms with Crippen molar-refractivity contribution in [3.63, 3.8) is 0 Å². The number of carbonyl (C=O) groups is 1. The molecule has 0 aliphatic rings. The van der Waals surface area contributed by atoms with Crippen LogP contribution in [0, 0.1) is 0 Å². The highest BCUT2D eigenvalue weighted by molar-refractivity contribution is 5.66. The molecule has 0 unspecified atom stereocenters. The summed E-state index contributed by atoms with van der Waals surface area (Å²) in [4.78, 5) is 10.4. The van der Waals surface area contributed by atoms with Crippen LogP contribution in [0.4, 0.5) is 0 Å². The predicted octanol–water partition coefficient (Wildman–Crippen LogP) is 7.72. The number of carboxylic acid groups (broad SMARTS) is 1. The lowest BCUT2D eigenvalue weighted by molar-refractivity contribution is -0.137. The van der Waals surface area contributed by atoms with E-state index >= 15 is 0 Å². The minimum atomic E-state index is -0.691. The van der Waals surface area contributed by atoms with Crippen molar-refractivity contribution in [2.24, 2.45) is 0 Å². The maximum absolute atomic E-state index is 10.4. The van der Waals surface area contributed by atoms with Gasteiger partial charge in [-0.3, -0.25) is 4.79 Å². The van der Waals surface area contributed by atoms with E-state index < -0.39 is 5.97 Å². The minimum Gasteiger partial charge on any atom is -0.481 e. The fraction of sp³-hybridized carbons (Fsp3) is 0.480. The highest BCUT2D eigenvalue weighted by atomic mass is 16.4. The fourth-order valence-electron chi connectivity index (χ4n) is 2.35. The molecule has 0 heterocycles. The lowest BCUT2D eigenvalue weighted by Gasteiger charge is -1.94. The second-order valence-electron chi connectivity index (χ2n) is 6.41. The Morgan fingerprint density at radius 3 is 1.41 bits per heavy atom. The van der Waals surface area contributed by atoms with Gasteiger partial charge in [0.2, 0.25) is 0 Å². The molecule has 27 heavy (non-hydrogen) atoms. The molecule has 0 fully saturated rings. The van der Waals surface area contributed by atoms with Crippen molar-refractivity contribution in [2.75, 3.05) is 0 Å². The Morgan fingerprint density at radius 2 is 1.00 bits per heavy atom. The van der Waals surface area contributed by atoms with E-state index in [9.17, 15) is 4.79 Å². The molecule has 0 aromatic carbocycles. The molecular formula is C25H38O2. The Balaban J connectivity index is 3.47. The summed E-state index contributed by atoms with van der Waals surface area (Å²) in [5.41, 5.74) is 0. The van der Waals surface area contributed by atoms with Crippen molar-refractivity contribution in [1.82, 2.24) is 0 Å². The summed E-state index contributed by atoms with van der Waals surface area (Å²) in [6, 6.07) is 0. The van der Waals surface area contributed by atoms with Gasteiger partial charge in [-0.15, -0.1) is 0 Å². The van der Waals surface area contributed by atoms with Crippen molar-refractivity contribution in [3.05, 3.63) is 72.9 Å². The van der Waals surface area contributed by atoms with Crippen LogP contribution in [-0.4, -0.2) is 11.1 Å². The molecule has 0 radical (unpaired) electrons. The van der Waals surface area contributed by atoms with Gasteiger partial charge in [-0.05, 0) is 57.8 Å². The van der Waals surface area contributed by atoms with Crippen molar-refractivity contribution in [1.29, 1.82) is 0 Å². The van der Waals surface area contributed by atoms with Gasteiger partial charge in [0, 0.05) is 6.42 Å². The first-order chi connectivity index (χ1) is 13.3. The van der Waals surface area contributed by atoms with Crippen LogP contribution in [0.15, 0.2) is 72.9 Å². The van der Waals surface area contributed by atoms with Gasteiger partial charge in [0.15, 0.2) is 0 Å². The first-order valence-corrected chi connectivity index (χ1v) is 10.4. The highest BCUT2D eigenvalue weighted by Crippen LogP contribution is 2.04. The van der Waals surface area contributed by atoms with Gasteiger partial charge in [0.25, 0.3) is 0 Å². The van der Waals surface area contributed by atoms with Crippen molar-refractivity contribution in [2.45, 2.75) is 77.6 Å². The molecule has 1 N–H and O–H groups in total. The molecular weight excluding hydrogens is 332 g/mol. The summed E-state index contributed by atoms with van der Waals surface area (Å²) in [6.07, 6.45) is 36.8. The zero-order valence-electron chi connectivity index (χ0n) is 17.1. The molecule has 0 aromatic rings. The molecule has 0 atom stereocenters. The zero-order valence-corrected chi connectivity index (χ0v) is 17.1. The monoisotopic (exact) mass is 370 g/mol. The summed E-state index contributed by atoms with van der Waals surface area (Å²) in [6.45, 7) is 2.15. The van der Waals surface area contributed by atoms with E-state index in [4.69, 9.17) is 5.11 Å². The average Bonchev–Trinajstić information content (AvgIpc) is 2.65. The molecule has 0 aromatic heterocycles. The Hall–Kier alpha value is -2.09. The standard InChI is InChI=1S/C25H38O2/c1-2-3-4-5-6-7-8-9-10-11-12-13-14-15-16-17-18-19-20-21-22-23-24-25(26)27/h3-4,6-7,9-10,12-13,15-16,18-19H,2,5,8,11,14,17,20-24H2,1H3,(H,26,27)/b4-3-,7-6-,10-9-,13-12-,16-15-,19-18-. The third kappa shape index (κ3) is 23.9. The molecule has 0 saturated heterocycles. The van der Waals surface area contributed by atoms with Crippen LogP contribution >= 0.6 is 0 Å². The summed E-state index contributed by atoms with van der Waals surface area (Å²) in [5, 5.41) is 8.55. The van der Waals surface area contributed by atoms with Gasteiger partial charge in [-0.25, -0.2) is 0 Å². The number of rotatable bonds is 17. The van der Waals surface area contributed by atoms with Crippen LogP contribution in [0.2, 0.25) is 0 Å². The molecule has 0 amide bonds.